The van der Waals surface area contributed by atoms with E-state index in [1.165, 1.54) is 0 Å². The van der Waals surface area contributed by atoms with Gasteiger partial charge in [0.25, 0.3) is 0 Å². The minimum Gasteiger partial charge on any atom is -0.399 e. The highest BCUT2D eigenvalue weighted by molar-refractivity contribution is 5.85. The Kier molecular flexibility index (Phi) is 2.94. The van der Waals surface area contributed by atoms with Crippen molar-refractivity contribution in [2.24, 2.45) is 11.5 Å². The van der Waals surface area contributed by atoms with Gasteiger partial charge in [0.1, 0.15) is 0 Å². The summed E-state index contributed by atoms with van der Waals surface area (Å²) in [5, 5.41) is 0. The molecule has 0 aromatic rings. The molecule has 0 spiro atoms. The van der Waals surface area contributed by atoms with Crippen LogP contribution < -0.4 is 11.5 Å². The van der Waals surface area contributed by atoms with Crippen molar-refractivity contribution in [2.45, 2.75) is 18.9 Å². The molecule has 1 aliphatic rings. The van der Waals surface area contributed by atoms with Gasteiger partial charge in [0.15, 0.2) is 0 Å². The van der Waals surface area contributed by atoms with Crippen LogP contribution in [0.15, 0.2) is 23.9 Å². The Morgan fingerprint density at radius 2 is 2.20 bits per heavy atom. The first kappa shape index (κ1) is 9.53. The first-order valence-corrected chi connectivity index (χ1v) is 3.04. The molecule has 10 heavy (non-hydrogen) atoms. The highest BCUT2D eigenvalue weighted by Gasteiger charge is 2.14. The number of rotatable bonds is 0. The van der Waals surface area contributed by atoms with Crippen LogP contribution >= 0.6 is 12.4 Å². The highest BCUT2D eigenvalue weighted by Crippen LogP contribution is 2.14. The summed E-state index contributed by atoms with van der Waals surface area (Å²) in [5.74, 6) is 0. The van der Waals surface area contributed by atoms with E-state index in [1.807, 2.05) is 25.2 Å². The predicted molar refractivity (Wildman–Crippen MR) is 45.9 cm³/mol. The number of hydrogen-bond donors (Lipinski definition) is 2. The Morgan fingerprint density at radius 3 is 2.50 bits per heavy atom. The fourth-order valence-electron chi connectivity index (χ4n) is 0.760. The van der Waals surface area contributed by atoms with Gasteiger partial charge in [-0.2, -0.15) is 0 Å². The summed E-state index contributed by atoms with van der Waals surface area (Å²) >= 11 is 0. The van der Waals surface area contributed by atoms with E-state index in [4.69, 9.17) is 11.5 Å². The molecule has 3 heteroatoms. The Morgan fingerprint density at radius 1 is 1.60 bits per heavy atom. The van der Waals surface area contributed by atoms with Crippen molar-refractivity contribution in [1.29, 1.82) is 0 Å². The van der Waals surface area contributed by atoms with E-state index in [1.54, 1.807) is 0 Å². The van der Waals surface area contributed by atoms with Gasteiger partial charge in [-0.25, -0.2) is 0 Å². The molecule has 1 atom stereocenters. The molecule has 0 bridgehead atoms. The standard InChI is InChI=1S/C7H12N2.ClH/c1-7(9)4-2-6(8)3-5-7;/h2-4H,5,8-9H2,1H3;1H. The van der Waals surface area contributed by atoms with Gasteiger partial charge >= 0.3 is 0 Å². The summed E-state index contributed by atoms with van der Waals surface area (Å²) < 4.78 is 0. The van der Waals surface area contributed by atoms with Gasteiger partial charge in [-0.15, -0.1) is 12.4 Å². The smallest absolute Gasteiger partial charge is 0.0350 e. The average Bonchev–Trinajstić information content (AvgIpc) is 1.78. The molecule has 0 amide bonds. The molecule has 0 aliphatic heterocycles. The zero-order valence-electron chi connectivity index (χ0n) is 6.00. The summed E-state index contributed by atoms with van der Waals surface area (Å²) in [6.45, 7) is 1.98. The Bertz CT molecular complexity index is 170. The van der Waals surface area contributed by atoms with E-state index >= 15 is 0 Å². The monoisotopic (exact) mass is 160 g/mol. The van der Waals surface area contributed by atoms with Crippen molar-refractivity contribution in [3.8, 4) is 0 Å². The topological polar surface area (TPSA) is 52.0 Å². The minimum atomic E-state index is -0.178. The van der Waals surface area contributed by atoms with E-state index in [0.29, 0.717) is 0 Å². The summed E-state index contributed by atoms with van der Waals surface area (Å²) in [6.07, 6.45) is 6.57. The lowest BCUT2D eigenvalue weighted by Gasteiger charge is -2.21. The first-order valence-electron chi connectivity index (χ1n) is 3.04. The fourth-order valence-corrected chi connectivity index (χ4v) is 0.760. The second-order valence-corrected chi connectivity index (χ2v) is 2.75. The highest BCUT2D eigenvalue weighted by atomic mass is 35.5. The molecule has 1 unspecified atom stereocenters. The Balaban J connectivity index is 0.000000810. The van der Waals surface area contributed by atoms with Gasteiger partial charge in [0.05, 0.1) is 0 Å². The molecule has 0 fully saturated rings. The lowest BCUT2D eigenvalue weighted by molar-refractivity contribution is 0.586. The van der Waals surface area contributed by atoms with Crippen LogP contribution in [0.5, 0.6) is 0 Å². The summed E-state index contributed by atoms with van der Waals surface area (Å²) in [4.78, 5) is 0. The van der Waals surface area contributed by atoms with E-state index < -0.39 is 0 Å². The second-order valence-electron chi connectivity index (χ2n) is 2.75. The van der Waals surface area contributed by atoms with Crippen molar-refractivity contribution >= 4 is 12.4 Å². The van der Waals surface area contributed by atoms with Crippen molar-refractivity contribution in [1.82, 2.24) is 0 Å². The Labute approximate surface area is 67.4 Å². The van der Waals surface area contributed by atoms with Gasteiger partial charge in [-0.05, 0) is 19.4 Å². The van der Waals surface area contributed by atoms with Crippen molar-refractivity contribution in [3.05, 3.63) is 23.9 Å². The van der Waals surface area contributed by atoms with Crippen LogP contribution in [-0.4, -0.2) is 5.54 Å². The van der Waals surface area contributed by atoms with Crippen LogP contribution in [0.25, 0.3) is 0 Å². The van der Waals surface area contributed by atoms with E-state index in [2.05, 4.69) is 0 Å². The molecule has 0 aromatic carbocycles. The largest absolute Gasteiger partial charge is 0.399 e. The third kappa shape index (κ3) is 2.42. The van der Waals surface area contributed by atoms with Gasteiger partial charge in [0.2, 0.25) is 0 Å². The van der Waals surface area contributed by atoms with Gasteiger partial charge in [-0.1, -0.05) is 12.2 Å². The predicted octanol–water partition coefficient (Wildman–Crippen LogP) is 0.928. The first-order chi connectivity index (χ1) is 4.10. The van der Waals surface area contributed by atoms with Crippen LogP contribution in [0, 0.1) is 0 Å². The van der Waals surface area contributed by atoms with Crippen molar-refractivity contribution < 1.29 is 0 Å². The van der Waals surface area contributed by atoms with Crippen molar-refractivity contribution in [2.75, 3.05) is 0 Å². The molecule has 1 aliphatic carbocycles. The lowest BCUT2D eigenvalue weighted by Crippen LogP contribution is -2.34. The molecule has 0 heterocycles. The Hall–Kier alpha value is -0.470. The summed E-state index contributed by atoms with van der Waals surface area (Å²) in [7, 11) is 0. The summed E-state index contributed by atoms with van der Waals surface area (Å²) in [6, 6.07) is 0. The lowest BCUT2D eigenvalue weighted by atomic mass is 9.94. The number of halogens is 1. The van der Waals surface area contributed by atoms with Gasteiger partial charge in [0, 0.05) is 11.2 Å². The van der Waals surface area contributed by atoms with Crippen LogP contribution in [-0.2, 0) is 0 Å². The average molecular weight is 161 g/mol. The quantitative estimate of drug-likeness (QED) is 0.554. The molecular weight excluding hydrogens is 148 g/mol. The molecule has 58 valence electrons. The van der Waals surface area contributed by atoms with Gasteiger partial charge < -0.3 is 11.5 Å². The fraction of sp³-hybridized carbons (Fsp3) is 0.429. The molecule has 4 N–H and O–H groups in total. The molecule has 0 saturated carbocycles. The maximum atomic E-state index is 5.75. The minimum absolute atomic E-state index is 0. The van der Waals surface area contributed by atoms with Crippen LogP contribution in [0.1, 0.15) is 13.3 Å². The number of hydrogen-bond acceptors (Lipinski definition) is 2. The maximum absolute atomic E-state index is 5.75. The van der Waals surface area contributed by atoms with Crippen LogP contribution in [0.2, 0.25) is 0 Å². The second kappa shape index (κ2) is 3.08. The zero-order chi connectivity index (χ0) is 6.91. The zero-order valence-corrected chi connectivity index (χ0v) is 6.82. The molecule has 2 nitrogen and oxygen atoms in total. The molecule has 0 radical (unpaired) electrons. The van der Waals surface area contributed by atoms with Crippen LogP contribution in [0.3, 0.4) is 0 Å². The third-order valence-corrected chi connectivity index (χ3v) is 1.43. The van der Waals surface area contributed by atoms with Gasteiger partial charge in [-0.3, -0.25) is 0 Å². The third-order valence-electron chi connectivity index (χ3n) is 1.43. The number of nitrogens with two attached hydrogens (primary N) is 2. The molecule has 1 rings (SSSR count). The molecular formula is C7H13ClN2. The molecule has 0 saturated heterocycles. The number of allylic oxidation sites excluding steroid dienone is 1. The normalized spacial score (nSPS) is 30.8. The van der Waals surface area contributed by atoms with E-state index in [0.717, 1.165) is 12.1 Å². The van der Waals surface area contributed by atoms with Crippen molar-refractivity contribution in [3.63, 3.8) is 0 Å². The maximum Gasteiger partial charge on any atom is 0.0350 e. The SMILES string of the molecule is CC1(N)C=CC(N)=CC1.Cl. The van der Waals surface area contributed by atoms with Crippen LogP contribution in [0.4, 0.5) is 0 Å². The van der Waals surface area contributed by atoms with E-state index in [-0.39, 0.29) is 17.9 Å². The summed E-state index contributed by atoms with van der Waals surface area (Å²) in [5.41, 5.74) is 11.9. The molecule has 0 aromatic heterocycles. The van der Waals surface area contributed by atoms with E-state index in [9.17, 15) is 0 Å².